The minimum absolute atomic E-state index is 0.186. The molecule has 0 bridgehead atoms. The third-order valence-electron chi connectivity index (χ3n) is 4.06. The molecule has 1 amide bonds. The summed E-state index contributed by atoms with van der Waals surface area (Å²) in [6, 6.07) is 16.6. The third kappa shape index (κ3) is 3.81. The zero-order chi connectivity index (χ0) is 19.5. The molecule has 0 aliphatic carbocycles. The van der Waals surface area contributed by atoms with Gasteiger partial charge in [0.1, 0.15) is 11.9 Å². The summed E-state index contributed by atoms with van der Waals surface area (Å²) in [5.41, 5.74) is 2.36. The summed E-state index contributed by atoms with van der Waals surface area (Å²) in [6.07, 6.45) is 1.66. The van der Waals surface area contributed by atoms with Crippen LogP contribution in [0.1, 0.15) is 12.5 Å². The van der Waals surface area contributed by atoms with Gasteiger partial charge in [0, 0.05) is 41.6 Å². The van der Waals surface area contributed by atoms with E-state index in [0.29, 0.717) is 17.0 Å². The number of fused-ring (bicyclic) bond motifs is 1. The molecule has 4 rings (SSSR count). The van der Waals surface area contributed by atoms with Crippen molar-refractivity contribution in [1.29, 1.82) is 0 Å². The minimum Gasteiger partial charge on any atom is -0.423 e. The Hall–Kier alpha value is -3.39. The molecule has 0 unspecified atom stereocenters. The van der Waals surface area contributed by atoms with Crippen LogP contribution >= 0.6 is 11.8 Å². The Morgan fingerprint density at radius 2 is 2.00 bits per heavy atom. The number of hydrogen-bond acceptors (Lipinski definition) is 6. The van der Waals surface area contributed by atoms with Crippen molar-refractivity contribution in [2.24, 2.45) is 0 Å². The van der Waals surface area contributed by atoms with Gasteiger partial charge in [-0.15, -0.1) is 10.2 Å². The molecule has 0 fully saturated rings. The highest BCUT2D eigenvalue weighted by Gasteiger charge is 2.11. The highest BCUT2D eigenvalue weighted by Crippen LogP contribution is 2.28. The van der Waals surface area contributed by atoms with Gasteiger partial charge in [-0.25, -0.2) is 4.79 Å². The van der Waals surface area contributed by atoms with E-state index in [2.05, 4.69) is 15.5 Å². The van der Waals surface area contributed by atoms with Crippen LogP contribution in [0.25, 0.3) is 16.7 Å². The van der Waals surface area contributed by atoms with Gasteiger partial charge in [0.15, 0.2) is 5.16 Å². The van der Waals surface area contributed by atoms with Gasteiger partial charge in [0.05, 0.1) is 0 Å². The maximum atomic E-state index is 12.0. The van der Waals surface area contributed by atoms with Crippen molar-refractivity contribution in [2.75, 3.05) is 5.32 Å². The maximum Gasteiger partial charge on any atom is 0.336 e. The lowest BCUT2D eigenvalue weighted by Crippen LogP contribution is -2.06. The molecule has 0 spiro atoms. The first-order valence-corrected chi connectivity index (χ1v) is 9.51. The third-order valence-corrected chi connectivity index (χ3v) is 5.05. The Bertz CT molecular complexity index is 1200. The fourth-order valence-electron chi connectivity index (χ4n) is 2.86. The number of carbonyl (C=O) groups excluding carboxylic acids is 1. The Labute approximate surface area is 164 Å². The second kappa shape index (κ2) is 7.69. The molecule has 2 heterocycles. The van der Waals surface area contributed by atoms with Crippen molar-refractivity contribution in [3.8, 4) is 5.69 Å². The molecule has 4 aromatic rings. The normalized spacial score (nSPS) is 10.9. The van der Waals surface area contributed by atoms with Gasteiger partial charge in [-0.1, -0.05) is 30.0 Å². The summed E-state index contributed by atoms with van der Waals surface area (Å²) in [4.78, 5) is 23.2. The molecule has 1 N–H and O–H groups in total. The van der Waals surface area contributed by atoms with E-state index in [9.17, 15) is 9.59 Å². The highest BCUT2D eigenvalue weighted by atomic mass is 32.2. The van der Waals surface area contributed by atoms with E-state index in [0.717, 1.165) is 21.8 Å². The van der Waals surface area contributed by atoms with Crippen LogP contribution in [0, 0.1) is 0 Å². The molecule has 28 heavy (non-hydrogen) atoms. The lowest BCUT2D eigenvalue weighted by molar-refractivity contribution is -0.114. The fraction of sp³-hybridized carbons (Fsp3) is 0.100. The maximum absolute atomic E-state index is 12.0. The SMILES string of the molecule is CC(=O)Nc1ccc2c(CSc3nncn3-c3ccccc3)cc(=O)oc2c1. The standard InChI is InChI=1S/C20H16N4O3S/c1-13(25)22-15-7-8-17-14(9-19(26)27-18(17)10-15)11-28-20-23-21-12-24(20)16-5-3-2-4-6-16/h2-10,12H,11H2,1H3,(H,22,25). The molecule has 8 heteroatoms. The van der Waals surface area contributed by atoms with E-state index in [-0.39, 0.29) is 5.91 Å². The lowest BCUT2D eigenvalue weighted by atomic mass is 10.1. The minimum atomic E-state index is -0.437. The van der Waals surface area contributed by atoms with Gasteiger partial charge < -0.3 is 9.73 Å². The monoisotopic (exact) mass is 392 g/mol. The first-order chi connectivity index (χ1) is 13.6. The van der Waals surface area contributed by atoms with Crippen LogP contribution in [0.3, 0.4) is 0 Å². The van der Waals surface area contributed by atoms with Crippen molar-refractivity contribution < 1.29 is 9.21 Å². The van der Waals surface area contributed by atoms with Crippen molar-refractivity contribution in [3.63, 3.8) is 0 Å². The second-order valence-electron chi connectivity index (χ2n) is 6.09. The zero-order valence-electron chi connectivity index (χ0n) is 15.0. The molecule has 7 nitrogen and oxygen atoms in total. The molecular weight excluding hydrogens is 376 g/mol. The Morgan fingerprint density at radius 1 is 1.18 bits per heavy atom. The number of nitrogens with one attached hydrogen (secondary N) is 1. The van der Waals surface area contributed by atoms with Crippen LogP contribution in [-0.4, -0.2) is 20.7 Å². The molecular formula is C20H16N4O3S. The smallest absolute Gasteiger partial charge is 0.336 e. The van der Waals surface area contributed by atoms with Gasteiger partial charge in [-0.05, 0) is 29.8 Å². The van der Waals surface area contributed by atoms with E-state index < -0.39 is 5.63 Å². The van der Waals surface area contributed by atoms with Gasteiger partial charge in [0.25, 0.3) is 0 Å². The molecule has 140 valence electrons. The molecule has 0 saturated carbocycles. The number of amides is 1. The van der Waals surface area contributed by atoms with Crippen molar-refractivity contribution in [3.05, 3.63) is 76.9 Å². The number of benzene rings is 2. The van der Waals surface area contributed by atoms with Crippen molar-refractivity contribution >= 4 is 34.3 Å². The van der Waals surface area contributed by atoms with E-state index in [1.165, 1.54) is 24.8 Å². The second-order valence-corrected chi connectivity index (χ2v) is 7.03. The van der Waals surface area contributed by atoms with E-state index in [4.69, 9.17) is 4.42 Å². The van der Waals surface area contributed by atoms with Gasteiger partial charge in [0.2, 0.25) is 5.91 Å². The molecule has 0 radical (unpaired) electrons. The number of rotatable bonds is 5. The van der Waals surface area contributed by atoms with Crippen molar-refractivity contribution in [2.45, 2.75) is 17.8 Å². The van der Waals surface area contributed by atoms with Crippen LogP contribution in [0.15, 0.2) is 75.3 Å². The fourth-order valence-corrected chi connectivity index (χ4v) is 3.78. The molecule has 0 aliphatic heterocycles. The highest BCUT2D eigenvalue weighted by molar-refractivity contribution is 7.98. The largest absolute Gasteiger partial charge is 0.423 e. The van der Waals surface area contributed by atoms with Crippen LogP contribution in [0.5, 0.6) is 0 Å². The Morgan fingerprint density at radius 3 is 2.79 bits per heavy atom. The lowest BCUT2D eigenvalue weighted by Gasteiger charge is -2.08. The molecule has 0 atom stereocenters. The number of carbonyl (C=O) groups is 1. The summed E-state index contributed by atoms with van der Waals surface area (Å²) in [7, 11) is 0. The summed E-state index contributed by atoms with van der Waals surface area (Å²) in [5.74, 6) is 0.335. The number of para-hydroxylation sites is 1. The Balaban J connectivity index is 1.63. The summed E-state index contributed by atoms with van der Waals surface area (Å²) in [5, 5.41) is 12.4. The van der Waals surface area contributed by atoms with Crippen LogP contribution in [0.2, 0.25) is 0 Å². The number of anilines is 1. The quantitative estimate of drug-likeness (QED) is 0.412. The predicted molar refractivity (Wildman–Crippen MR) is 108 cm³/mol. The summed E-state index contributed by atoms with van der Waals surface area (Å²) < 4.78 is 7.20. The number of hydrogen-bond donors (Lipinski definition) is 1. The molecule has 0 saturated heterocycles. The average Bonchev–Trinajstić information content (AvgIpc) is 3.14. The summed E-state index contributed by atoms with van der Waals surface area (Å²) >= 11 is 1.48. The average molecular weight is 392 g/mol. The topological polar surface area (TPSA) is 90.0 Å². The van der Waals surface area contributed by atoms with E-state index in [1.54, 1.807) is 18.5 Å². The van der Waals surface area contributed by atoms with Crippen LogP contribution < -0.4 is 10.9 Å². The van der Waals surface area contributed by atoms with Crippen molar-refractivity contribution in [1.82, 2.24) is 14.8 Å². The van der Waals surface area contributed by atoms with Gasteiger partial charge in [-0.2, -0.15) is 0 Å². The predicted octanol–water partition coefficient (Wildman–Crippen LogP) is 3.62. The number of aromatic nitrogens is 3. The first-order valence-electron chi connectivity index (χ1n) is 8.53. The first kappa shape index (κ1) is 18.0. The van der Waals surface area contributed by atoms with Crippen LogP contribution in [-0.2, 0) is 10.5 Å². The van der Waals surface area contributed by atoms with Crippen LogP contribution in [0.4, 0.5) is 5.69 Å². The van der Waals surface area contributed by atoms with Gasteiger partial charge >= 0.3 is 5.63 Å². The molecule has 2 aromatic carbocycles. The van der Waals surface area contributed by atoms with E-state index >= 15 is 0 Å². The zero-order valence-corrected chi connectivity index (χ0v) is 15.8. The van der Waals surface area contributed by atoms with E-state index in [1.807, 2.05) is 41.0 Å². The molecule has 0 aliphatic rings. The van der Waals surface area contributed by atoms with Gasteiger partial charge in [-0.3, -0.25) is 9.36 Å². The number of nitrogens with zero attached hydrogens (tertiary/aromatic N) is 3. The Kier molecular flexibility index (Phi) is 4.94. The molecule has 2 aromatic heterocycles. The summed E-state index contributed by atoms with van der Waals surface area (Å²) in [6.45, 7) is 1.43. The number of thioether (sulfide) groups is 1.